The van der Waals surface area contributed by atoms with Gasteiger partial charge in [-0.3, -0.25) is 4.79 Å². The third-order valence-electron chi connectivity index (χ3n) is 2.48. The fourth-order valence-electron chi connectivity index (χ4n) is 1.39. The van der Waals surface area contributed by atoms with E-state index >= 15 is 0 Å². The minimum atomic E-state index is -1.11. The van der Waals surface area contributed by atoms with Gasteiger partial charge in [-0.05, 0) is 31.0 Å². The van der Waals surface area contributed by atoms with Crippen LogP contribution in [0.5, 0.6) is 0 Å². The monoisotopic (exact) mass is 269 g/mol. The molecule has 18 heavy (non-hydrogen) atoms. The van der Waals surface area contributed by atoms with E-state index in [1.807, 2.05) is 0 Å². The van der Waals surface area contributed by atoms with Crippen molar-refractivity contribution in [2.75, 3.05) is 5.75 Å². The van der Waals surface area contributed by atoms with Gasteiger partial charge in [-0.1, -0.05) is 0 Å². The minimum Gasteiger partial charge on any atom is -0.478 e. The fourth-order valence-corrected chi connectivity index (χ4v) is 2.17. The topological polar surface area (TPSA) is 66.4 Å². The van der Waals surface area contributed by atoms with E-state index < -0.39 is 11.8 Å². The number of hydrogen-bond acceptors (Lipinski definition) is 3. The molecule has 6 heteroatoms. The quantitative estimate of drug-likeness (QED) is 0.801. The highest BCUT2D eigenvalue weighted by molar-refractivity contribution is 8.00. The van der Waals surface area contributed by atoms with Crippen molar-refractivity contribution in [2.45, 2.75) is 23.8 Å². The largest absolute Gasteiger partial charge is 0.478 e. The third kappa shape index (κ3) is 3.46. The standard InChI is InChI=1S/C12H12FNO3S/c13-9-4-1-7(12(16)17)5-10(9)18-6-11(15)14-8-2-3-8/h1,4-5,8H,2-3,6H2,(H,14,15)(H,16,17). The molecule has 1 aliphatic rings. The van der Waals surface area contributed by atoms with Crippen LogP contribution >= 0.6 is 11.8 Å². The van der Waals surface area contributed by atoms with Crippen LogP contribution in [0.1, 0.15) is 23.2 Å². The van der Waals surface area contributed by atoms with Gasteiger partial charge in [0.25, 0.3) is 0 Å². The van der Waals surface area contributed by atoms with Crippen LogP contribution in [0.25, 0.3) is 0 Å². The Morgan fingerprint density at radius 1 is 1.44 bits per heavy atom. The lowest BCUT2D eigenvalue weighted by Crippen LogP contribution is -2.27. The minimum absolute atomic E-state index is 0.0153. The third-order valence-corrected chi connectivity index (χ3v) is 3.51. The second kappa shape index (κ2) is 5.39. The highest BCUT2D eigenvalue weighted by Gasteiger charge is 2.23. The first kappa shape index (κ1) is 12.9. The Bertz CT molecular complexity index is 488. The lowest BCUT2D eigenvalue weighted by Gasteiger charge is -2.05. The molecule has 1 aromatic rings. The number of nitrogens with one attached hydrogen (secondary N) is 1. The van der Waals surface area contributed by atoms with Gasteiger partial charge in [-0.25, -0.2) is 9.18 Å². The summed E-state index contributed by atoms with van der Waals surface area (Å²) < 4.78 is 13.4. The van der Waals surface area contributed by atoms with Gasteiger partial charge in [0.05, 0.1) is 11.3 Å². The van der Waals surface area contributed by atoms with E-state index in [0.29, 0.717) is 0 Å². The van der Waals surface area contributed by atoms with Gasteiger partial charge >= 0.3 is 5.97 Å². The Morgan fingerprint density at radius 2 is 2.17 bits per heavy atom. The van der Waals surface area contributed by atoms with Crippen molar-refractivity contribution in [3.8, 4) is 0 Å². The number of benzene rings is 1. The Balaban J connectivity index is 1.96. The molecule has 1 aromatic carbocycles. The molecule has 1 fully saturated rings. The van der Waals surface area contributed by atoms with Crippen molar-refractivity contribution in [1.29, 1.82) is 0 Å². The smallest absolute Gasteiger partial charge is 0.335 e. The SMILES string of the molecule is O=C(CSc1cc(C(=O)O)ccc1F)NC1CC1. The van der Waals surface area contributed by atoms with Crippen LogP contribution in [0.3, 0.4) is 0 Å². The summed E-state index contributed by atoms with van der Waals surface area (Å²) in [6.45, 7) is 0. The van der Waals surface area contributed by atoms with Crippen molar-refractivity contribution in [1.82, 2.24) is 5.32 Å². The summed E-state index contributed by atoms with van der Waals surface area (Å²) in [6, 6.07) is 3.82. The van der Waals surface area contributed by atoms with E-state index in [4.69, 9.17) is 5.11 Å². The number of amides is 1. The van der Waals surface area contributed by atoms with Crippen LogP contribution in [-0.2, 0) is 4.79 Å². The Kier molecular flexibility index (Phi) is 3.86. The molecule has 0 spiro atoms. The highest BCUT2D eigenvalue weighted by Crippen LogP contribution is 2.24. The number of hydrogen-bond donors (Lipinski definition) is 2. The molecule has 0 bridgehead atoms. The molecule has 0 unspecified atom stereocenters. The second-order valence-corrected chi connectivity index (χ2v) is 5.10. The average Bonchev–Trinajstić information content (AvgIpc) is 3.11. The van der Waals surface area contributed by atoms with Crippen molar-refractivity contribution in [2.24, 2.45) is 0 Å². The Morgan fingerprint density at radius 3 is 2.78 bits per heavy atom. The van der Waals surface area contributed by atoms with E-state index in [2.05, 4.69) is 5.32 Å². The van der Waals surface area contributed by atoms with Crippen LogP contribution < -0.4 is 5.32 Å². The molecule has 0 aliphatic heterocycles. The number of halogens is 1. The van der Waals surface area contributed by atoms with Gasteiger partial charge in [0, 0.05) is 10.9 Å². The summed E-state index contributed by atoms with van der Waals surface area (Å²) in [5, 5.41) is 11.6. The number of rotatable bonds is 5. The summed E-state index contributed by atoms with van der Waals surface area (Å²) in [5.41, 5.74) is 0.0153. The summed E-state index contributed by atoms with van der Waals surface area (Å²) in [6.07, 6.45) is 2.00. The maximum atomic E-state index is 13.4. The predicted molar refractivity (Wildman–Crippen MR) is 65.2 cm³/mol. The van der Waals surface area contributed by atoms with Gasteiger partial charge in [0.15, 0.2) is 0 Å². The first-order chi connectivity index (χ1) is 8.56. The number of aromatic carboxylic acids is 1. The first-order valence-electron chi connectivity index (χ1n) is 5.51. The molecule has 1 amide bonds. The molecule has 0 aromatic heterocycles. The van der Waals surface area contributed by atoms with E-state index in [-0.39, 0.29) is 28.2 Å². The van der Waals surface area contributed by atoms with E-state index in [1.54, 1.807) is 0 Å². The molecule has 0 radical (unpaired) electrons. The zero-order valence-electron chi connectivity index (χ0n) is 9.48. The lowest BCUT2D eigenvalue weighted by atomic mass is 10.2. The van der Waals surface area contributed by atoms with Gasteiger partial charge < -0.3 is 10.4 Å². The molecule has 2 N–H and O–H groups in total. The van der Waals surface area contributed by atoms with Crippen LogP contribution in [0.2, 0.25) is 0 Å². The normalized spacial score (nSPS) is 14.3. The van der Waals surface area contributed by atoms with Crippen molar-refractivity contribution < 1.29 is 19.1 Å². The molecule has 0 saturated heterocycles. The molecule has 0 atom stereocenters. The lowest BCUT2D eigenvalue weighted by molar-refractivity contribution is -0.118. The van der Waals surface area contributed by atoms with Gasteiger partial charge in [-0.15, -0.1) is 11.8 Å². The second-order valence-electron chi connectivity index (χ2n) is 4.08. The maximum absolute atomic E-state index is 13.4. The van der Waals surface area contributed by atoms with Crippen molar-refractivity contribution in [3.63, 3.8) is 0 Å². The summed E-state index contributed by atoms with van der Waals surface area (Å²) in [7, 11) is 0. The fraction of sp³-hybridized carbons (Fsp3) is 0.333. The zero-order chi connectivity index (χ0) is 13.1. The van der Waals surface area contributed by atoms with Crippen molar-refractivity contribution in [3.05, 3.63) is 29.6 Å². The van der Waals surface area contributed by atoms with Crippen LogP contribution in [-0.4, -0.2) is 28.8 Å². The number of carbonyl (C=O) groups is 2. The molecule has 0 heterocycles. The van der Waals surface area contributed by atoms with Crippen LogP contribution in [0, 0.1) is 5.82 Å². The van der Waals surface area contributed by atoms with E-state index in [1.165, 1.54) is 12.1 Å². The number of carbonyl (C=O) groups excluding carboxylic acids is 1. The van der Waals surface area contributed by atoms with Crippen molar-refractivity contribution >= 4 is 23.6 Å². The highest BCUT2D eigenvalue weighted by atomic mass is 32.2. The molecule has 4 nitrogen and oxygen atoms in total. The Hall–Kier alpha value is -1.56. The summed E-state index contributed by atoms with van der Waals surface area (Å²) >= 11 is 1.01. The first-order valence-corrected chi connectivity index (χ1v) is 6.50. The molecular weight excluding hydrogens is 257 g/mol. The van der Waals surface area contributed by atoms with E-state index in [9.17, 15) is 14.0 Å². The summed E-state index contributed by atoms with van der Waals surface area (Å²) in [4.78, 5) is 22.4. The molecule has 2 rings (SSSR count). The van der Waals surface area contributed by atoms with Crippen LogP contribution in [0.15, 0.2) is 23.1 Å². The number of thioether (sulfide) groups is 1. The van der Waals surface area contributed by atoms with Gasteiger partial charge in [-0.2, -0.15) is 0 Å². The van der Waals surface area contributed by atoms with Gasteiger partial charge in [0.2, 0.25) is 5.91 Å². The van der Waals surface area contributed by atoms with E-state index in [0.717, 1.165) is 30.7 Å². The average molecular weight is 269 g/mol. The van der Waals surface area contributed by atoms with Gasteiger partial charge in [0.1, 0.15) is 5.82 Å². The molecule has 96 valence electrons. The molecular formula is C12H12FNO3S. The summed E-state index contributed by atoms with van der Waals surface area (Å²) in [5.74, 6) is -1.68. The van der Waals surface area contributed by atoms with Crippen LogP contribution in [0.4, 0.5) is 4.39 Å². The Labute approximate surface area is 108 Å². The molecule has 1 aliphatic carbocycles. The predicted octanol–water partition coefficient (Wildman–Crippen LogP) is 1.89. The number of carboxylic acids is 1. The molecule has 1 saturated carbocycles. The maximum Gasteiger partial charge on any atom is 0.335 e. The zero-order valence-corrected chi connectivity index (χ0v) is 10.3. The number of carboxylic acid groups (broad SMARTS) is 1.